The van der Waals surface area contributed by atoms with Gasteiger partial charge in [0, 0.05) is 6.07 Å². The highest BCUT2D eigenvalue weighted by molar-refractivity contribution is 5.39. The average molecular weight is 453 g/mol. The van der Waals surface area contributed by atoms with Crippen LogP contribution in [-0.2, 0) is 18.0 Å². The van der Waals surface area contributed by atoms with Crippen LogP contribution in [0, 0.1) is 11.6 Å². The quantitative estimate of drug-likeness (QED) is 0.483. The Morgan fingerprint density at radius 1 is 1.06 bits per heavy atom. The van der Waals surface area contributed by atoms with Crippen LogP contribution in [0.1, 0.15) is 11.4 Å². The van der Waals surface area contributed by atoms with Crippen LogP contribution in [-0.4, -0.2) is 37.9 Å². The lowest BCUT2D eigenvalue weighted by Crippen LogP contribution is -2.15. The molecule has 8 nitrogen and oxygen atoms in total. The van der Waals surface area contributed by atoms with Gasteiger partial charge in [0.25, 0.3) is 0 Å². The average Bonchev–Trinajstić information content (AvgIpc) is 3.16. The Morgan fingerprint density at radius 3 is 2.55 bits per heavy atom. The largest absolute Gasteiger partial charge is 0.522 e. The Morgan fingerprint density at radius 2 is 1.84 bits per heavy atom. The van der Waals surface area contributed by atoms with Gasteiger partial charge in [-0.15, -0.1) is 18.3 Å². The van der Waals surface area contributed by atoms with Gasteiger partial charge in [0.05, 0.1) is 18.1 Å². The molecule has 0 radical (unpaired) electrons. The molecule has 2 heterocycles. The van der Waals surface area contributed by atoms with Crippen molar-refractivity contribution in [3.05, 3.63) is 53.6 Å². The maximum Gasteiger partial charge on any atom is 0.522 e. The van der Waals surface area contributed by atoms with E-state index in [0.29, 0.717) is 6.20 Å². The second-order valence-corrected chi connectivity index (χ2v) is 5.62. The number of rotatable bonds is 8. The molecule has 0 bridgehead atoms. The smallest absolute Gasteiger partial charge is 0.457 e. The monoisotopic (exact) mass is 453 g/mol. The van der Waals surface area contributed by atoms with Crippen molar-refractivity contribution in [1.82, 2.24) is 25.0 Å². The van der Waals surface area contributed by atoms with Crippen molar-refractivity contribution in [3.63, 3.8) is 0 Å². The maximum atomic E-state index is 13.5. The van der Waals surface area contributed by atoms with Crippen molar-refractivity contribution >= 4 is 0 Å². The third kappa shape index (κ3) is 6.24. The summed E-state index contributed by atoms with van der Waals surface area (Å²) in [7, 11) is 0. The van der Waals surface area contributed by atoms with Gasteiger partial charge in [-0.25, -0.2) is 18.4 Å². The normalized spacial score (nSPS) is 11.7. The minimum absolute atomic E-state index is 0.139. The molecule has 0 amide bonds. The minimum Gasteiger partial charge on any atom is -0.457 e. The van der Waals surface area contributed by atoms with E-state index in [2.05, 4.69) is 29.8 Å². The molecule has 0 aliphatic rings. The van der Waals surface area contributed by atoms with Crippen molar-refractivity contribution in [2.75, 3.05) is 0 Å². The van der Waals surface area contributed by atoms with Crippen LogP contribution >= 0.6 is 0 Å². The molecule has 0 aliphatic heterocycles. The molecular formula is C16H10F7N5O3. The molecule has 0 saturated heterocycles. The van der Waals surface area contributed by atoms with E-state index < -0.39 is 48.7 Å². The summed E-state index contributed by atoms with van der Waals surface area (Å²) in [6, 6.07) is 2.63. The Labute approximate surface area is 168 Å². The van der Waals surface area contributed by atoms with Crippen LogP contribution in [0.3, 0.4) is 0 Å². The Balaban J connectivity index is 1.67. The van der Waals surface area contributed by atoms with E-state index in [9.17, 15) is 30.7 Å². The first-order chi connectivity index (χ1) is 14.6. The predicted molar refractivity (Wildman–Crippen MR) is 85.1 cm³/mol. The molecule has 0 unspecified atom stereocenters. The van der Waals surface area contributed by atoms with E-state index in [-0.39, 0.29) is 18.0 Å². The SMILES string of the molecule is Fc1ccc(-n2cc(COc3ncc(F)c(COC(F)(F)F)n3)nn2)cc1OC(F)F. The standard InChI is InChI=1S/C16H10F7N5O3/c17-10-2-1-9(3-13(10)31-14(19)20)28-5-8(26-27-28)6-29-15-24-4-11(18)12(25-15)7-30-16(21,22)23/h1-5,14H,6-7H2. The summed E-state index contributed by atoms with van der Waals surface area (Å²) in [5, 5.41) is 7.44. The first kappa shape index (κ1) is 22.2. The van der Waals surface area contributed by atoms with Crippen molar-refractivity contribution in [2.24, 2.45) is 0 Å². The highest BCUT2D eigenvalue weighted by atomic mass is 19.4. The van der Waals surface area contributed by atoms with Gasteiger partial charge in [-0.05, 0) is 12.1 Å². The van der Waals surface area contributed by atoms with E-state index in [1.54, 1.807) is 0 Å². The molecule has 0 spiro atoms. The summed E-state index contributed by atoms with van der Waals surface area (Å²) < 4.78 is 102. The minimum atomic E-state index is -4.97. The molecule has 3 rings (SSSR count). The predicted octanol–water partition coefficient (Wildman–Crippen LogP) is 3.55. The summed E-state index contributed by atoms with van der Waals surface area (Å²) in [5.41, 5.74) is -0.383. The van der Waals surface area contributed by atoms with E-state index in [0.717, 1.165) is 16.8 Å². The zero-order valence-corrected chi connectivity index (χ0v) is 15.0. The van der Waals surface area contributed by atoms with Gasteiger partial charge in [0.2, 0.25) is 0 Å². The maximum absolute atomic E-state index is 13.5. The number of alkyl halides is 5. The van der Waals surface area contributed by atoms with Crippen LogP contribution < -0.4 is 9.47 Å². The molecule has 15 heteroatoms. The van der Waals surface area contributed by atoms with Crippen LogP contribution in [0.4, 0.5) is 30.7 Å². The molecule has 0 atom stereocenters. The molecule has 2 aromatic heterocycles. The van der Waals surface area contributed by atoms with Gasteiger partial charge in [0.1, 0.15) is 24.6 Å². The summed E-state index contributed by atoms with van der Waals surface area (Å²) in [6.45, 7) is -4.74. The first-order valence-electron chi connectivity index (χ1n) is 8.11. The molecule has 1 aromatic carbocycles. The second-order valence-electron chi connectivity index (χ2n) is 5.62. The third-order valence-corrected chi connectivity index (χ3v) is 3.45. The van der Waals surface area contributed by atoms with E-state index in [4.69, 9.17) is 4.74 Å². The van der Waals surface area contributed by atoms with Crippen molar-refractivity contribution < 1.29 is 44.9 Å². The van der Waals surface area contributed by atoms with Crippen molar-refractivity contribution in [2.45, 2.75) is 26.2 Å². The van der Waals surface area contributed by atoms with Gasteiger partial charge in [-0.3, -0.25) is 4.74 Å². The number of halogens is 7. The lowest BCUT2D eigenvalue weighted by molar-refractivity contribution is -0.330. The molecule has 0 aliphatic carbocycles. The number of nitrogens with zero attached hydrogens (tertiary/aromatic N) is 5. The highest BCUT2D eigenvalue weighted by Gasteiger charge is 2.30. The summed E-state index contributed by atoms with van der Waals surface area (Å²) in [6.07, 6.45) is -3.08. The fourth-order valence-electron chi connectivity index (χ4n) is 2.16. The van der Waals surface area contributed by atoms with Crippen molar-refractivity contribution in [3.8, 4) is 17.4 Å². The Kier molecular flexibility index (Phi) is 6.53. The van der Waals surface area contributed by atoms with Gasteiger partial charge in [0.15, 0.2) is 17.4 Å². The summed E-state index contributed by atoms with van der Waals surface area (Å²) in [4.78, 5) is 6.97. The molecule has 0 saturated carbocycles. The number of aromatic nitrogens is 5. The van der Waals surface area contributed by atoms with Crippen LogP contribution in [0.15, 0.2) is 30.6 Å². The molecule has 0 N–H and O–H groups in total. The Bertz CT molecular complexity index is 1040. The number of hydrogen-bond acceptors (Lipinski definition) is 7. The van der Waals surface area contributed by atoms with Crippen LogP contribution in [0.25, 0.3) is 5.69 Å². The fraction of sp³-hybridized carbons (Fsp3) is 0.250. The fourth-order valence-corrected chi connectivity index (χ4v) is 2.16. The van der Waals surface area contributed by atoms with E-state index in [1.807, 2.05) is 0 Å². The number of hydrogen-bond donors (Lipinski definition) is 0. The van der Waals surface area contributed by atoms with Gasteiger partial charge < -0.3 is 9.47 Å². The van der Waals surface area contributed by atoms with E-state index >= 15 is 0 Å². The van der Waals surface area contributed by atoms with Crippen LogP contribution in [0.5, 0.6) is 11.8 Å². The van der Waals surface area contributed by atoms with Gasteiger partial charge in [-0.2, -0.15) is 13.8 Å². The van der Waals surface area contributed by atoms with Gasteiger partial charge in [-0.1, -0.05) is 5.21 Å². The number of ether oxygens (including phenoxy) is 3. The zero-order chi connectivity index (χ0) is 22.6. The molecule has 3 aromatic rings. The van der Waals surface area contributed by atoms with Gasteiger partial charge >= 0.3 is 19.0 Å². The topological polar surface area (TPSA) is 84.2 Å². The number of benzene rings is 1. The lowest BCUT2D eigenvalue weighted by atomic mass is 10.3. The first-order valence-corrected chi connectivity index (χ1v) is 8.11. The van der Waals surface area contributed by atoms with E-state index in [1.165, 1.54) is 12.3 Å². The molecular weight excluding hydrogens is 443 g/mol. The molecule has 166 valence electrons. The summed E-state index contributed by atoms with van der Waals surface area (Å²) in [5.74, 6) is -2.83. The second kappa shape index (κ2) is 9.11. The summed E-state index contributed by atoms with van der Waals surface area (Å²) >= 11 is 0. The zero-order valence-electron chi connectivity index (χ0n) is 15.0. The van der Waals surface area contributed by atoms with Crippen LogP contribution in [0.2, 0.25) is 0 Å². The lowest BCUT2D eigenvalue weighted by Gasteiger charge is -2.08. The highest BCUT2D eigenvalue weighted by Crippen LogP contribution is 2.23. The third-order valence-electron chi connectivity index (χ3n) is 3.45. The van der Waals surface area contributed by atoms with Crippen molar-refractivity contribution in [1.29, 1.82) is 0 Å². The Hall–Kier alpha value is -3.49. The molecule has 31 heavy (non-hydrogen) atoms. The molecule has 0 fully saturated rings.